The molecule has 1 aliphatic carbocycles. The number of rotatable bonds is 2. The molecule has 1 fully saturated rings. The Morgan fingerprint density at radius 2 is 2.36 bits per heavy atom. The molecule has 0 aliphatic heterocycles. The van der Waals surface area contributed by atoms with Gasteiger partial charge in [0.2, 0.25) is 0 Å². The summed E-state index contributed by atoms with van der Waals surface area (Å²) >= 11 is 3.47. The van der Waals surface area contributed by atoms with E-state index in [1.54, 1.807) is 0 Å². The lowest BCUT2D eigenvalue weighted by Crippen LogP contribution is -1.85. The van der Waals surface area contributed by atoms with Crippen LogP contribution in [0.15, 0.2) is 0 Å². The molecule has 2 rings (SSSR count). The highest BCUT2D eigenvalue weighted by Gasteiger charge is 2.28. The maximum Gasteiger partial charge on any atom is 0.0696 e. The van der Waals surface area contributed by atoms with Gasteiger partial charge in [-0.15, -0.1) is 0 Å². The predicted octanol–water partition coefficient (Wildman–Crippen LogP) is 2.49. The molecule has 11 heavy (non-hydrogen) atoms. The van der Waals surface area contributed by atoms with Gasteiger partial charge in [0, 0.05) is 22.5 Å². The third kappa shape index (κ3) is 1.22. The van der Waals surface area contributed by atoms with E-state index in [4.69, 9.17) is 0 Å². The number of hydrogen-bond donors (Lipinski definition) is 1. The molecule has 0 aromatic carbocycles. The van der Waals surface area contributed by atoms with Crippen LogP contribution in [0.4, 0.5) is 0 Å². The number of aryl methyl sites for hydroxylation is 1. The second-order valence-corrected chi connectivity index (χ2v) is 3.68. The average molecular weight is 215 g/mol. The van der Waals surface area contributed by atoms with Gasteiger partial charge in [0.15, 0.2) is 0 Å². The van der Waals surface area contributed by atoms with E-state index in [0.29, 0.717) is 0 Å². The van der Waals surface area contributed by atoms with Crippen molar-refractivity contribution >= 4 is 15.9 Å². The third-order valence-electron chi connectivity index (χ3n) is 2.20. The summed E-state index contributed by atoms with van der Waals surface area (Å²) in [7, 11) is 0. The van der Waals surface area contributed by atoms with E-state index < -0.39 is 0 Å². The fourth-order valence-electron chi connectivity index (χ4n) is 1.33. The minimum Gasteiger partial charge on any atom is -0.282 e. The predicted molar refractivity (Wildman–Crippen MR) is 47.9 cm³/mol. The van der Waals surface area contributed by atoms with Crippen LogP contribution in [-0.2, 0) is 5.33 Å². The standard InChI is InChI=1S/C8H11BrN2/c1-5-7(4-9)8(11-10-5)6-2-3-6/h6H,2-4H2,1H3,(H,10,11). The Bertz CT molecular complexity index is 263. The number of nitrogens with zero attached hydrogens (tertiary/aromatic N) is 1. The zero-order valence-corrected chi connectivity index (χ0v) is 8.11. The summed E-state index contributed by atoms with van der Waals surface area (Å²) in [5, 5.41) is 8.25. The van der Waals surface area contributed by atoms with Gasteiger partial charge in [0.1, 0.15) is 0 Å². The molecule has 1 aromatic rings. The van der Waals surface area contributed by atoms with Crippen molar-refractivity contribution < 1.29 is 0 Å². The molecule has 0 radical (unpaired) electrons. The summed E-state index contributed by atoms with van der Waals surface area (Å²) in [6.07, 6.45) is 2.65. The lowest BCUT2D eigenvalue weighted by atomic mass is 10.1. The van der Waals surface area contributed by atoms with Crippen LogP contribution in [-0.4, -0.2) is 10.2 Å². The first-order chi connectivity index (χ1) is 5.33. The van der Waals surface area contributed by atoms with Crippen LogP contribution in [0.2, 0.25) is 0 Å². The Kier molecular flexibility index (Phi) is 1.75. The average Bonchev–Trinajstić information content (AvgIpc) is 2.76. The van der Waals surface area contributed by atoms with Crippen LogP contribution in [0.5, 0.6) is 0 Å². The van der Waals surface area contributed by atoms with E-state index in [9.17, 15) is 0 Å². The first-order valence-corrected chi connectivity index (χ1v) is 5.04. The van der Waals surface area contributed by atoms with Crippen molar-refractivity contribution in [1.82, 2.24) is 10.2 Å². The Balaban J connectivity index is 2.36. The van der Waals surface area contributed by atoms with Gasteiger partial charge in [0.25, 0.3) is 0 Å². The van der Waals surface area contributed by atoms with Crippen LogP contribution < -0.4 is 0 Å². The van der Waals surface area contributed by atoms with Gasteiger partial charge in [-0.3, -0.25) is 5.10 Å². The van der Waals surface area contributed by atoms with E-state index in [2.05, 4.69) is 33.1 Å². The van der Waals surface area contributed by atoms with Gasteiger partial charge in [-0.05, 0) is 19.8 Å². The number of aromatic amines is 1. The number of nitrogens with one attached hydrogen (secondary N) is 1. The second kappa shape index (κ2) is 2.63. The molecule has 1 aromatic heterocycles. The van der Waals surface area contributed by atoms with Crippen molar-refractivity contribution in [1.29, 1.82) is 0 Å². The summed E-state index contributed by atoms with van der Waals surface area (Å²) in [6, 6.07) is 0. The van der Waals surface area contributed by atoms with Crippen LogP contribution in [0.3, 0.4) is 0 Å². The Labute approximate surface area is 74.5 Å². The van der Waals surface area contributed by atoms with Crippen LogP contribution >= 0.6 is 15.9 Å². The molecule has 0 saturated heterocycles. The van der Waals surface area contributed by atoms with Crippen molar-refractivity contribution in [3.05, 3.63) is 17.0 Å². The van der Waals surface area contributed by atoms with Crippen LogP contribution in [0.25, 0.3) is 0 Å². The molecule has 2 nitrogen and oxygen atoms in total. The molecular weight excluding hydrogens is 204 g/mol. The number of aromatic nitrogens is 2. The maximum absolute atomic E-state index is 4.29. The smallest absolute Gasteiger partial charge is 0.0696 e. The highest BCUT2D eigenvalue weighted by Crippen LogP contribution is 2.41. The van der Waals surface area contributed by atoms with Crippen molar-refractivity contribution in [3.8, 4) is 0 Å². The van der Waals surface area contributed by atoms with E-state index in [0.717, 1.165) is 11.2 Å². The van der Waals surface area contributed by atoms with Crippen molar-refractivity contribution in [2.75, 3.05) is 0 Å². The summed E-state index contributed by atoms with van der Waals surface area (Å²) in [6.45, 7) is 2.08. The summed E-state index contributed by atoms with van der Waals surface area (Å²) in [5.74, 6) is 0.757. The first-order valence-electron chi connectivity index (χ1n) is 3.92. The molecule has 1 aliphatic rings. The number of alkyl halides is 1. The lowest BCUT2D eigenvalue weighted by Gasteiger charge is -1.94. The minimum atomic E-state index is 0.757. The minimum absolute atomic E-state index is 0.757. The quantitative estimate of drug-likeness (QED) is 0.754. The Hall–Kier alpha value is -0.310. The first kappa shape index (κ1) is 7.35. The molecule has 1 heterocycles. The molecule has 1 saturated carbocycles. The van der Waals surface area contributed by atoms with E-state index >= 15 is 0 Å². The van der Waals surface area contributed by atoms with Crippen LogP contribution in [0, 0.1) is 6.92 Å². The zero-order chi connectivity index (χ0) is 7.84. The van der Waals surface area contributed by atoms with Crippen molar-refractivity contribution in [3.63, 3.8) is 0 Å². The molecule has 60 valence electrons. The fraction of sp³-hybridized carbons (Fsp3) is 0.625. The van der Waals surface area contributed by atoms with Crippen molar-refractivity contribution in [2.24, 2.45) is 0 Å². The Morgan fingerprint density at radius 1 is 1.64 bits per heavy atom. The van der Waals surface area contributed by atoms with Gasteiger partial charge >= 0.3 is 0 Å². The molecule has 0 bridgehead atoms. The van der Waals surface area contributed by atoms with E-state index in [1.165, 1.54) is 29.8 Å². The molecule has 3 heteroatoms. The Morgan fingerprint density at radius 3 is 2.91 bits per heavy atom. The monoisotopic (exact) mass is 214 g/mol. The SMILES string of the molecule is Cc1[nH]nc(C2CC2)c1CBr. The van der Waals surface area contributed by atoms with Crippen LogP contribution in [0.1, 0.15) is 35.7 Å². The highest BCUT2D eigenvalue weighted by atomic mass is 79.9. The van der Waals surface area contributed by atoms with Crippen molar-refractivity contribution in [2.45, 2.75) is 31.0 Å². The highest BCUT2D eigenvalue weighted by molar-refractivity contribution is 9.08. The molecule has 0 unspecified atom stereocenters. The number of hydrogen-bond acceptors (Lipinski definition) is 1. The molecule has 0 spiro atoms. The summed E-state index contributed by atoms with van der Waals surface area (Å²) < 4.78 is 0. The number of halogens is 1. The van der Waals surface area contributed by atoms with Gasteiger partial charge in [-0.2, -0.15) is 5.10 Å². The summed E-state index contributed by atoms with van der Waals surface area (Å²) in [5.41, 5.74) is 3.87. The second-order valence-electron chi connectivity index (χ2n) is 3.12. The fourth-order valence-corrected chi connectivity index (χ4v) is 2.04. The van der Waals surface area contributed by atoms with Gasteiger partial charge in [-0.25, -0.2) is 0 Å². The summed E-state index contributed by atoms with van der Waals surface area (Å²) in [4.78, 5) is 0. The normalized spacial score (nSPS) is 17.3. The zero-order valence-electron chi connectivity index (χ0n) is 6.52. The molecule has 0 amide bonds. The topological polar surface area (TPSA) is 28.7 Å². The molecule has 1 N–H and O–H groups in total. The molecular formula is C8H11BrN2. The van der Waals surface area contributed by atoms with Gasteiger partial charge < -0.3 is 0 Å². The van der Waals surface area contributed by atoms with E-state index in [1.807, 2.05) is 0 Å². The largest absolute Gasteiger partial charge is 0.282 e. The van der Waals surface area contributed by atoms with E-state index in [-0.39, 0.29) is 0 Å². The third-order valence-corrected chi connectivity index (χ3v) is 2.76. The number of H-pyrrole nitrogens is 1. The lowest BCUT2D eigenvalue weighted by molar-refractivity contribution is 0.950. The maximum atomic E-state index is 4.29. The van der Waals surface area contributed by atoms with Gasteiger partial charge in [0.05, 0.1) is 5.69 Å². The molecule has 0 atom stereocenters. The van der Waals surface area contributed by atoms with Gasteiger partial charge in [-0.1, -0.05) is 15.9 Å².